The molecular formula is C16H24N3O8P. The zero-order valence-corrected chi connectivity index (χ0v) is 16.5. The number of aromatic nitrogens is 2. The fourth-order valence-electron chi connectivity index (χ4n) is 3.56. The maximum atomic E-state index is 12.4. The third-order valence-electron chi connectivity index (χ3n) is 4.82. The molecule has 4 atom stereocenters. The SMILES string of the molecule is CCOP(=O)(O)C1CCCN1CC1=C(O)C(OC)[C@H](n2ccc(=O)[nH]c2=O)O1. The van der Waals surface area contributed by atoms with Crippen molar-refractivity contribution in [3.05, 3.63) is 44.6 Å². The van der Waals surface area contributed by atoms with E-state index in [1.165, 1.54) is 13.3 Å². The van der Waals surface area contributed by atoms with E-state index >= 15 is 0 Å². The van der Waals surface area contributed by atoms with Gasteiger partial charge in [0.15, 0.2) is 17.6 Å². The summed E-state index contributed by atoms with van der Waals surface area (Å²) < 4.78 is 29.6. The number of aromatic amines is 1. The van der Waals surface area contributed by atoms with E-state index in [1.54, 1.807) is 11.8 Å². The lowest BCUT2D eigenvalue weighted by Crippen LogP contribution is -2.36. The van der Waals surface area contributed by atoms with Gasteiger partial charge in [0.05, 0.1) is 13.2 Å². The highest BCUT2D eigenvalue weighted by atomic mass is 31.2. The van der Waals surface area contributed by atoms with Crippen molar-refractivity contribution in [2.45, 2.75) is 37.9 Å². The summed E-state index contributed by atoms with van der Waals surface area (Å²) in [6.07, 6.45) is 0.459. The molecule has 3 unspecified atom stereocenters. The van der Waals surface area contributed by atoms with Crippen LogP contribution in [0.15, 0.2) is 33.4 Å². The lowest BCUT2D eigenvalue weighted by atomic mass is 10.2. The molecule has 3 rings (SSSR count). The first-order chi connectivity index (χ1) is 13.3. The Morgan fingerprint density at radius 2 is 2.18 bits per heavy atom. The number of likely N-dealkylation sites (tertiary alicyclic amines) is 1. The lowest BCUT2D eigenvalue weighted by molar-refractivity contribution is -0.0360. The summed E-state index contributed by atoms with van der Waals surface area (Å²) in [5.41, 5.74) is -1.26. The average molecular weight is 417 g/mol. The summed E-state index contributed by atoms with van der Waals surface area (Å²) in [6.45, 7) is 2.35. The van der Waals surface area contributed by atoms with Crippen LogP contribution in [0.3, 0.4) is 0 Å². The molecule has 3 N–H and O–H groups in total. The van der Waals surface area contributed by atoms with Crippen LogP contribution in [0.2, 0.25) is 0 Å². The Balaban J connectivity index is 1.82. The minimum Gasteiger partial charge on any atom is -0.506 e. The van der Waals surface area contributed by atoms with Crippen LogP contribution in [0.5, 0.6) is 0 Å². The molecule has 0 radical (unpaired) electrons. The number of nitrogens with one attached hydrogen (secondary N) is 1. The number of H-pyrrole nitrogens is 1. The Bertz CT molecular complexity index is 910. The molecule has 0 saturated carbocycles. The fourth-order valence-corrected chi connectivity index (χ4v) is 5.22. The summed E-state index contributed by atoms with van der Waals surface area (Å²) in [5, 5.41) is 10.5. The Morgan fingerprint density at radius 1 is 1.43 bits per heavy atom. The van der Waals surface area contributed by atoms with Crippen LogP contribution in [0.4, 0.5) is 0 Å². The highest BCUT2D eigenvalue weighted by molar-refractivity contribution is 7.53. The second-order valence-corrected chi connectivity index (χ2v) is 8.55. The number of aliphatic hydroxyl groups excluding tert-OH is 1. The molecule has 1 saturated heterocycles. The predicted octanol–water partition coefficient (Wildman–Crippen LogP) is 0.494. The van der Waals surface area contributed by atoms with Crippen LogP contribution in [0.1, 0.15) is 26.0 Å². The Kier molecular flexibility index (Phi) is 6.11. The van der Waals surface area contributed by atoms with E-state index in [4.69, 9.17) is 14.0 Å². The first-order valence-electron chi connectivity index (χ1n) is 8.92. The molecule has 1 aromatic rings. The van der Waals surface area contributed by atoms with E-state index in [0.29, 0.717) is 19.4 Å². The number of aliphatic hydroxyl groups is 1. The van der Waals surface area contributed by atoms with Gasteiger partial charge in [0.1, 0.15) is 5.78 Å². The van der Waals surface area contributed by atoms with Crippen molar-refractivity contribution in [3.8, 4) is 0 Å². The van der Waals surface area contributed by atoms with E-state index in [0.717, 1.165) is 10.6 Å². The lowest BCUT2D eigenvalue weighted by Gasteiger charge is -2.27. The Hall–Kier alpha value is -1.91. The molecule has 156 valence electrons. The van der Waals surface area contributed by atoms with Gasteiger partial charge >= 0.3 is 13.3 Å². The quantitative estimate of drug-likeness (QED) is 0.540. The Morgan fingerprint density at radius 3 is 2.82 bits per heavy atom. The monoisotopic (exact) mass is 417 g/mol. The predicted molar refractivity (Wildman–Crippen MR) is 97.9 cm³/mol. The van der Waals surface area contributed by atoms with E-state index in [-0.39, 0.29) is 24.7 Å². The van der Waals surface area contributed by atoms with Gasteiger partial charge < -0.3 is 24.0 Å². The number of methoxy groups -OCH3 is 1. The van der Waals surface area contributed by atoms with Crippen LogP contribution in [0.25, 0.3) is 0 Å². The summed E-state index contributed by atoms with van der Waals surface area (Å²) >= 11 is 0. The van der Waals surface area contributed by atoms with Gasteiger partial charge in [-0.2, -0.15) is 0 Å². The molecule has 2 aliphatic rings. The molecule has 11 nitrogen and oxygen atoms in total. The smallest absolute Gasteiger partial charge is 0.345 e. The largest absolute Gasteiger partial charge is 0.506 e. The van der Waals surface area contributed by atoms with Gasteiger partial charge in [0.2, 0.25) is 6.23 Å². The number of hydrogen-bond acceptors (Lipinski definition) is 8. The van der Waals surface area contributed by atoms with E-state index < -0.39 is 37.0 Å². The highest BCUT2D eigenvalue weighted by Crippen LogP contribution is 2.53. The van der Waals surface area contributed by atoms with Gasteiger partial charge in [-0.3, -0.25) is 23.8 Å². The van der Waals surface area contributed by atoms with Crippen LogP contribution in [-0.4, -0.2) is 63.1 Å². The van der Waals surface area contributed by atoms with E-state index in [2.05, 4.69) is 4.98 Å². The van der Waals surface area contributed by atoms with Crippen molar-refractivity contribution in [1.82, 2.24) is 14.5 Å². The molecule has 2 aliphatic heterocycles. The van der Waals surface area contributed by atoms with E-state index in [1.807, 2.05) is 0 Å². The number of hydrogen-bond donors (Lipinski definition) is 3. The van der Waals surface area contributed by atoms with Gasteiger partial charge in [-0.1, -0.05) is 0 Å². The first-order valence-corrected chi connectivity index (χ1v) is 10.6. The zero-order chi connectivity index (χ0) is 20.5. The van der Waals surface area contributed by atoms with Crippen LogP contribution >= 0.6 is 7.60 Å². The molecule has 12 heteroatoms. The van der Waals surface area contributed by atoms with Crippen LogP contribution in [0, 0.1) is 0 Å². The molecule has 0 aromatic carbocycles. The van der Waals surface area contributed by atoms with Gasteiger partial charge in [-0.15, -0.1) is 0 Å². The van der Waals surface area contributed by atoms with Gasteiger partial charge in [0.25, 0.3) is 5.56 Å². The minimum absolute atomic E-state index is 0.0581. The molecule has 28 heavy (non-hydrogen) atoms. The fraction of sp³-hybridized carbons (Fsp3) is 0.625. The zero-order valence-electron chi connectivity index (χ0n) is 15.6. The topological polar surface area (TPSA) is 143 Å². The maximum absolute atomic E-state index is 12.4. The minimum atomic E-state index is -3.84. The molecule has 3 heterocycles. The van der Waals surface area contributed by atoms with E-state index in [9.17, 15) is 24.2 Å². The summed E-state index contributed by atoms with van der Waals surface area (Å²) in [6, 6.07) is 1.16. The third kappa shape index (κ3) is 3.94. The molecule has 1 aromatic heterocycles. The number of ether oxygens (including phenoxy) is 2. The van der Waals surface area contributed by atoms with Crippen molar-refractivity contribution in [3.63, 3.8) is 0 Å². The van der Waals surface area contributed by atoms with Crippen LogP contribution < -0.4 is 11.2 Å². The van der Waals surface area contributed by atoms with Gasteiger partial charge in [0, 0.05) is 19.4 Å². The standard InChI is InChI=1S/C16H24N3O8P/c1-3-26-28(23,24)12-5-4-7-18(12)9-10-13(21)14(25-2)15(27-10)19-8-6-11(20)17-16(19)22/h6,8,12,14-15,21H,3-5,7,9H2,1-2H3,(H,23,24)(H,17,20,22)/t12?,14?,15-/m1/s1. The molecule has 0 amide bonds. The summed E-state index contributed by atoms with van der Waals surface area (Å²) in [4.78, 5) is 37.4. The molecule has 0 bridgehead atoms. The van der Waals surface area contributed by atoms with Crippen molar-refractivity contribution in [1.29, 1.82) is 0 Å². The molecule has 1 fully saturated rings. The van der Waals surface area contributed by atoms with Gasteiger partial charge in [-0.25, -0.2) is 4.79 Å². The number of nitrogens with zero attached hydrogens (tertiary/aromatic N) is 2. The van der Waals surface area contributed by atoms with Gasteiger partial charge in [-0.05, 0) is 26.3 Å². The molecule has 0 spiro atoms. The number of rotatable bonds is 7. The second-order valence-electron chi connectivity index (χ2n) is 6.57. The summed E-state index contributed by atoms with van der Waals surface area (Å²) in [7, 11) is -2.49. The second kappa shape index (κ2) is 8.22. The van der Waals surface area contributed by atoms with Crippen molar-refractivity contribution in [2.75, 3.05) is 26.8 Å². The molecular weight excluding hydrogens is 393 g/mol. The first kappa shape index (κ1) is 20.8. The highest BCUT2D eigenvalue weighted by Gasteiger charge is 2.44. The normalized spacial score (nSPS) is 27.8. The average Bonchev–Trinajstić information content (AvgIpc) is 3.21. The van der Waals surface area contributed by atoms with Crippen molar-refractivity contribution >= 4 is 7.60 Å². The molecule has 0 aliphatic carbocycles. The third-order valence-corrected chi connectivity index (χ3v) is 6.79. The van der Waals surface area contributed by atoms with Crippen molar-refractivity contribution < 1.29 is 28.6 Å². The van der Waals surface area contributed by atoms with Crippen LogP contribution in [-0.2, 0) is 18.6 Å². The summed E-state index contributed by atoms with van der Waals surface area (Å²) in [5.74, 6) is -0.772. The van der Waals surface area contributed by atoms with Crippen molar-refractivity contribution in [2.24, 2.45) is 0 Å². The Labute approximate surface area is 160 Å². The maximum Gasteiger partial charge on any atom is 0.345 e.